The lowest BCUT2D eigenvalue weighted by molar-refractivity contribution is 0.214. The molecule has 0 bridgehead atoms. The average molecular weight is 241 g/mol. The highest BCUT2D eigenvalue weighted by molar-refractivity contribution is 5.32. The third-order valence-electron chi connectivity index (χ3n) is 4.35. The fourth-order valence-corrected chi connectivity index (χ4v) is 3.22. The standard InChI is InChI=1S/C17H23N/c1-13(2)17-8-4-6-15(11-17)9-14-5-3-7-16(10-14)12-18/h3,5,7,10,13,15,17H,4,6,8-9,11H2,1-2H3. The van der Waals surface area contributed by atoms with E-state index in [0.717, 1.165) is 29.7 Å². The third-order valence-corrected chi connectivity index (χ3v) is 4.35. The molecule has 1 aliphatic carbocycles. The molecule has 0 spiro atoms. The van der Waals surface area contributed by atoms with Crippen molar-refractivity contribution in [2.75, 3.05) is 0 Å². The first-order valence-electron chi connectivity index (χ1n) is 7.18. The van der Waals surface area contributed by atoms with Crippen molar-refractivity contribution < 1.29 is 0 Å². The van der Waals surface area contributed by atoms with Gasteiger partial charge in [-0.25, -0.2) is 0 Å². The summed E-state index contributed by atoms with van der Waals surface area (Å²) in [6, 6.07) is 10.4. The lowest BCUT2D eigenvalue weighted by Gasteiger charge is -2.31. The monoisotopic (exact) mass is 241 g/mol. The Labute approximate surface area is 111 Å². The van der Waals surface area contributed by atoms with Crippen molar-refractivity contribution in [1.29, 1.82) is 5.26 Å². The van der Waals surface area contributed by atoms with E-state index in [0.29, 0.717) is 0 Å². The van der Waals surface area contributed by atoms with Gasteiger partial charge in [-0.1, -0.05) is 45.2 Å². The Kier molecular flexibility index (Phi) is 4.42. The van der Waals surface area contributed by atoms with Gasteiger partial charge in [0.1, 0.15) is 0 Å². The molecule has 2 atom stereocenters. The molecule has 1 heteroatoms. The third kappa shape index (κ3) is 3.35. The normalized spacial score (nSPS) is 23.9. The van der Waals surface area contributed by atoms with Gasteiger partial charge < -0.3 is 0 Å². The zero-order chi connectivity index (χ0) is 13.0. The Bertz CT molecular complexity index is 427. The Morgan fingerprint density at radius 2 is 2.17 bits per heavy atom. The fourth-order valence-electron chi connectivity index (χ4n) is 3.22. The van der Waals surface area contributed by atoms with Crippen LogP contribution in [-0.4, -0.2) is 0 Å². The lowest BCUT2D eigenvalue weighted by atomic mass is 9.74. The summed E-state index contributed by atoms with van der Waals surface area (Å²) in [6.45, 7) is 4.70. The summed E-state index contributed by atoms with van der Waals surface area (Å²) in [7, 11) is 0. The van der Waals surface area contributed by atoms with E-state index in [2.05, 4.69) is 32.0 Å². The topological polar surface area (TPSA) is 23.8 Å². The van der Waals surface area contributed by atoms with Crippen LogP contribution in [0.2, 0.25) is 0 Å². The van der Waals surface area contributed by atoms with Gasteiger partial charge in [0, 0.05) is 0 Å². The molecule has 0 aromatic heterocycles. The van der Waals surface area contributed by atoms with Gasteiger partial charge in [0.05, 0.1) is 11.6 Å². The maximum absolute atomic E-state index is 8.93. The molecule has 1 nitrogen and oxygen atoms in total. The number of hydrogen-bond acceptors (Lipinski definition) is 1. The van der Waals surface area contributed by atoms with Crippen molar-refractivity contribution >= 4 is 0 Å². The van der Waals surface area contributed by atoms with Gasteiger partial charge in [-0.3, -0.25) is 0 Å². The van der Waals surface area contributed by atoms with E-state index < -0.39 is 0 Å². The molecule has 1 fully saturated rings. The second kappa shape index (κ2) is 6.05. The Morgan fingerprint density at radius 3 is 2.89 bits per heavy atom. The fraction of sp³-hybridized carbons (Fsp3) is 0.588. The van der Waals surface area contributed by atoms with Crippen LogP contribution in [0.15, 0.2) is 24.3 Å². The molecule has 0 amide bonds. The van der Waals surface area contributed by atoms with Gasteiger partial charge >= 0.3 is 0 Å². The number of rotatable bonds is 3. The molecule has 96 valence electrons. The lowest BCUT2D eigenvalue weighted by Crippen LogP contribution is -2.21. The van der Waals surface area contributed by atoms with Crippen LogP contribution in [0, 0.1) is 29.1 Å². The summed E-state index contributed by atoms with van der Waals surface area (Å²) < 4.78 is 0. The Balaban J connectivity index is 1.98. The van der Waals surface area contributed by atoms with Gasteiger partial charge in [-0.2, -0.15) is 5.26 Å². The van der Waals surface area contributed by atoms with Crippen LogP contribution < -0.4 is 0 Å². The average Bonchev–Trinajstić information content (AvgIpc) is 2.39. The van der Waals surface area contributed by atoms with Crippen molar-refractivity contribution in [3.8, 4) is 6.07 Å². The minimum atomic E-state index is 0.795. The van der Waals surface area contributed by atoms with E-state index in [1.165, 1.54) is 31.2 Å². The SMILES string of the molecule is CC(C)C1CCCC(Cc2cccc(C#N)c2)C1. The maximum Gasteiger partial charge on any atom is 0.0991 e. The highest BCUT2D eigenvalue weighted by Crippen LogP contribution is 2.35. The molecular formula is C17H23N. The van der Waals surface area contributed by atoms with Crippen LogP contribution in [0.3, 0.4) is 0 Å². The van der Waals surface area contributed by atoms with E-state index >= 15 is 0 Å². The van der Waals surface area contributed by atoms with Crippen LogP contribution in [0.4, 0.5) is 0 Å². The van der Waals surface area contributed by atoms with Gasteiger partial charge in [0.15, 0.2) is 0 Å². The summed E-state index contributed by atoms with van der Waals surface area (Å²) in [6.07, 6.45) is 6.67. The van der Waals surface area contributed by atoms with Crippen LogP contribution in [0.25, 0.3) is 0 Å². The first-order chi connectivity index (χ1) is 8.69. The molecule has 0 radical (unpaired) electrons. The first kappa shape index (κ1) is 13.1. The van der Waals surface area contributed by atoms with Crippen molar-refractivity contribution in [2.45, 2.75) is 46.0 Å². The van der Waals surface area contributed by atoms with Crippen molar-refractivity contribution in [1.82, 2.24) is 0 Å². The van der Waals surface area contributed by atoms with Crippen molar-refractivity contribution in [3.63, 3.8) is 0 Å². The largest absolute Gasteiger partial charge is 0.192 e. The zero-order valence-electron chi connectivity index (χ0n) is 11.5. The Morgan fingerprint density at radius 1 is 1.33 bits per heavy atom. The molecule has 0 N–H and O–H groups in total. The first-order valence-corrected chi connectivity index (χ1v) is 7.18. The predicted molar refractivity (Wildman–Crippen MR) is 75.1 cm³/mol. The van der Waals surface area contributed by atoms with Gasteiger partial charge in [0.2, 0.25) is 0 Å². The number of nitriles is 1. The maximum atomic E-state index is 8.93. The van der Waals surface area contributed by atoms with E-state index in [9.17, 15) is 0 Å². The van der Waals surface area contributed by atoms with E-state index in [4.69, 9.17) is 5.26 Å². The molecule has 18 heavy (non-hydrogen) atoms. The highest BCUT2D eigenvalue weighted by atomic mass is 14.3. The van der Waals surface area contributed by atoms with Crippen molar-refractivity contribution in [3.05, 3.63) is 35.4 Å². The second-order valence-electron chi connectivity index (χ2n) is 6.05. The number of benzene rings is 1. The predicted octanol–water partition coefficient (Wildman–Crippen LogP) is 4.56. The molecule has 1 aliphatic rings. The molecule has 1 saturated carbocycles. The molecular weight excluding hydrogens is 218 g/mol. The molecule has 0 saturated heterocycles. The van der Waals surface area contributed by atoms with E-state index in [1.54, 1.807) is 0 Å². The molecule has 1 aromatic rings. The molecule has 0 heterocycles. The summed E-state index contributed by atoms with van der Waals surface area (Å²) in [5, 5.41) is 8.93. The number of nitrogens with zero attached hydrogens (tertiary/aromatic N) is 1. The quantitative estimate of drug-likeness (QED) is 0.761. The summed E-state index contributed by atoms with van der Waals surface area (Å²) in [5.41, 5.74) is 2.13. The van der Waals surface area contributed by atoms with Crippen LogP contribution in [0.5, 0.6) is 0 Å². The van der Waals surface area contributed by atoms with Crippen LogP contribution in [0.1, 0.15) is 50.7 Å². The molecule has 2 unspecified atom stereocenters. The highest BCUT2D eigenvalue weighted by Gasteiger charge is 2.24. The van der Waals surface area contributed by atoms with Gasteiger partial charge in [-0.15, -0.1) is 0 Å². The second-order valence-corrected chi connectivity index (χ2v) is 6.05. The number of hydrogen-bond donors (Lipinski definition) is 0. The van der Waals surface area contributed by atoms with Crippen LogP contribution in [-0.2, 0) is 6.42 Å². The van der Waals surface area contributed by atoms with E-state index in [-0.39, 0.29) is 0 Å². The summed E-state index contributed by atoms with van der Waals surface area (Å²) in [5.74, 6) is 2.54. The minimum Gasteiger partial charge on any atom is -0.192 e. The van der Waals surface area contributed by atoms with Crippen LogP contribution >= 0.6 is 0 Å². The molecule has 1 aromatic carbocycles. The summed E-state index contributed by atoms with van der Waals surface area (Å²) >= 11 is 0. The molecule has 0 aliphatic heterocycles. The Hall–Kier alpha value is -1.29. The zero-order valence-corrected chi connectivity index (χ0v) is 11.5. The van der Waals surface area contributed by atoms with Gasteiger partial charge in [-0.05, 0) is 48.3 Å². The van der Waals surface area contributed by atoms with E-state index in [1.807, 2.05) is 12.1 Å². The smallest absolute Gasteiger partial charge is 0.0991 e. The van der Waals surface area contributed by atoms with Gasteiger partial charge in [0.25, 0.3) is 0 Å². The minimum absolute atomic E-state index is 0.795. The molecule has 2 rings (SSSR count). The van der Waals surface area contributed by atoms with Crippen molar-refractivity contribution in [2.24, 2.45) is 17.8 Å². The summed E-state index contributed by atoms with van der Waals surface area (Å²) in [4.78, 5) is 0.